The second kappa shape index (κ2) is 7.31. The smallest absolute Gasteiger partial charge is 0.282 e. The number of aromatic nitrogens is 4. The van der Waals surface area contributed by atoms with Crippen molar-refractivity contribution in [2.75, 3.05) is 5.32 Å². The largest absolute Gasteiger partial charge is 0.310 e. The Kier molecular flexibility index (Phi) is 4.67. The van der Waals surface area contributed by atoms with E-state index < -0.39 is 17.2 Å². The van der Waals surface area contributed by atoms with Crippen LogP contribution in [0.1, 0.15) is 23.1 Å². The fourth-order valence-electron chi connectivity index (χ4n) is 3.22. The monoisotopic (exact) mass is 391 g/mol. The second-order valence-corrected chi connectivity index (χ2v) is 6.48. The van der Waals surface area contributed by atoms with Gasteiger partial charge in [0, 0.05) is 18.3 Å². The fraction of sp³-hybridized carbons (Fsp3) is 0.143. The van der Waals surface area contributed by atoms with Crippen LogP contribution in [0.2, 0.25) is 0 Å². The Morgan fingerprint density at radius 2 is 1.86 bits per heavy atom. The Morgan fingerprint density at radius 1 is 1.14 bits per heavy atom. The lowest BCUT2D eigenvalue weighted by molar-refractivity contribution is 0.101. The Morgan fingerprint density at radius 3 is 2.62 bits per heavy atom. The maximum atomic E-state index is 14.2. The predicted molar refractivity (Wildman–Crippen MR) is 108 cm³/mol. The van der Waals surface area contributed by atoms with Crippen LogP contribution in [0.5, 0.6) is 0 Å². The molecule has 0 saturated heterocycles. The molecule has 0 bridgehead atoms. The molecule has 2 heterocycles. The van der Waals surface area contributed by atoms with Gasteiger partial charge in [-0.25, -0.2) is 14.1 Å². The molecule has 8 heteroatoms. The van der Waals surface area contributed by atoms with Crippen molar-refractivity contribution in [3.63, 3.8) is 0 Å². The highest BCUT2D eigenvalue weighted by atomic mass is 19.1. The minimum atomic E-state index is -0.704. The molecule has 0 atom stereocenters. The van der Waals surface area contributed by atoms with Crippen molar-refractivity contribution in [3.05, 3.63) is 82.0 Å². The van der Waals surface area contributed by atoms with Crippen LogP contribution in [-0.2, 0) is 6.54 Å². The third-order valence-electron chi connectivity index (χ3n) is 4.60. The SMILES string of the molecule is CCn1c(NC(=O)c2nn(-c3ccccc3F)c(C)cc2=O)nc2ccccc21. The Balaban J connectivity index is 1.76. The van der Waals surface area contributed by atoms with Gasteiger partial charge in [0.15, 0.2) is 5.69 Å². The number of fused-ring (bicyclic) bond motifs is 1. The van der Waals surface area contributed by atoms with Gasteiger partial charge in [0.2, 0.25) is 11.4 Å². The van der Waals surface area contributed by atoms with Crippen LogP contribution in [0.15, 0.2) is 59.4 Å². The zero-order valence-electron chi connectivity index (χ0n) is 15.9. The lowest BCUT2D eigenvalue weighted by atomic mass is 10.2. The quantitative estimate of drug-likeness (QED) is 0.579. The lowest BCUT2D eigenvalue weighted by Gasteiger charge is -2.12. The number of hydrogen-bond donors (Lipinski definition) is 1. The number of para-hydroxylation sites is 3. The number of rotatable bonds is 4. The summed E-state index contributed by atoms with van der Waals surface area (Å²) in [5.74, 6) is -0.895. The van der Waals surface area contributed by atoms with Crippen molar-refractivity contribution in [2.45, 2.75) is 20.4 Å². The average molecular weight is 391 g/mol. The first-order chi connectivity index (χ1) is 14.0. The number of aryl methyl sites for hydroxylation is 2. The zero-order chi connectivity index (χ0) is 20.5. The van der Waals surface area contributed by atoms with Gasteiger partial charge in [-0.1, -0.05) is 24.3 Å². The number of hydrogen-bond acceptors (Lipinski definition) is 4. The lowest BCUT2D eigenvalue weighted by Crippen LogP contribution is -2.28. The topological polar surface area (TPSA) is 81.8 Å². The molecule has 0 unspecified atom stereocenters. The average Bonchev–Trinajstić information content (AvgIpc) is 3.05. The number of benzene rings is 2. The van der Waals surface area contributed by atoms with Crippen LogP contribution < -0.4 is 10.7 Å². The van der Waals surface area contributed by atoms with E-state index in [1.807, 2.05) is 35.8 Å². The molecule has 0 fully saturated rings. The summed E-state index contributed by atoms with van der Waals surface area (Å²) in [5.41, 5.74) is 1.27. The molecule has 1 amide bonds. The highest BCUT2D eigenvalue weighted by Crippen LogP contribution is 2.20. The van der Waals surface area contributed by atoms with Crippen LogP contribution in [-0.4, -0.2) is 25.2 Å². The molecule has 0 radical (unpaired) electrons. The predicted octanol–water partition coefficient (Wildman–Crippen LogP) is 3.30. The van der Waals surface area contributed by atoms with Crippen molar-refractivity contribution >= 4 is 22.9 Å². The molecular formula is C21H18FN5O2. The molecule has 29 heavy (non-hydrogen) atoms. The number of nitrogens with one attached hydrogen (secondary N) is 1. The third kappa shape index (κ3) is 3.29. The van der Waals surface area contributed by atoms with Crippen molar-refractivity contribution in [3.8, 4) is 5.69 Å². The van der Waals surface area contributed by atoms with Crippen molar-refractivity contribution in [1.29, 1.82) is 0 Å². The molecule has 4 rings (SSSR count). The van der Waals surface area contributed by atoms with Gasteiger partial charge in [-0.2, -0.15) is 5.10 Å². The molecule has 1 N–H and O–H groups in total. The van der Waals surface area contributed by atoms with E-state index in [1.165, 1.54) is 22.9 Å². The normalized spacial score (nSPS) is 11.0. The number of nitrogens with zero attached hydrogens (tertiary/aromatic N) is 4. The first-order valence-electron chi connectivity index (χ1n) is 9.12. The summed E-state index contributed by atoms with van der Waals surface area (Å²) in [6.07, 6.45) is 0. The molecular weight excluding hydrogens is 373 g/mol. The van der Waals surface area contributed by atoms with Gasteiger partial charge in [-0.05, 0) is 38.1 Å². The molecule has 0 aliphatic heterocycles. The Hall–Kier alpha value is -3.81. The molecule has 2 aromatic heterocycles. The van der Waals surface area contributed by atoms with Crippen LogP contribution in [0.25, 0.3) is 16.7 Å². The van der Waals surface area contributed by atoms with Gasteiger partial charge in [0.1, 0.15) is 11.5 Å². The van der Waals surface area contributed by atoms with Crippen molar-refractivity contribution < 1.29 is 9.18 Å². The first-order valence-corrected chi connectivity index (χ1v) is 9.12. The number of imidazole rings is 1. The van der Waals surface area contributed by atoms with E-state index >= 15 is 0 Å². The highest BCUT2D eigenvalue weighted by Gasteiger charge is 2.19. The van der Waals surface area contributed by atoms with Crippen LogP contribution in [0.3, 0.4) is 0 Å². The maximum absolute atomic E-state index is 14.2. The van der Waals surface area contributed by atoms with Gasteiger partial charge < -0.3 is 4.57 Å². The molecule has 146 valence electrons. The summed E-state index contributed by atoms with van der Waals surface area (Å²) in [5, 5.41) is 6.79. The summed E-state index contributed by atoms with van der Waals surface area (Å²) in [4.78, 5) is 29.7. The minimum Gasteiger partial charge on any atom is -0.310 e. The maximum Gasteiger partial charge on any atom is 0.282 e. The van der Waals surface area contributed by atoms with Crippen LogP contribution in [0, 0.1) is 12.7 Å². The number of halogens is 1. The van der Waals surface area contributed by atoms with E-state index in [0.29, 0.717) is 18.2 Å². The minimum absolute atomic E-state index is 0.153. The molecule has 0 aliphatic carbocycles. The van der Waals surface area contributed by atoms with Gasteiger partial charge >= 0.3 is 0 Å². The summed E-state index contributed by atoms with van der Waals surface area (Å²) >= 11 is 0. The highest BCUT2D eigenvalue weighted by molar-refractivity contribution is 6.02. The standard InChI is InChI=1S/C21H18FN5O2/c1-3-26-17-11-7-5-9-15(17)23-21(26)24-20(29)19-18(28)12-13(2)27(25-19)16-10-6-4-8-14(16)22/h4-12H,3H2,1-2H3,(H,23,24,29). The summed E-state index contributed by atoms with van der Waals surface area (Å²) in [6.45, 7) is 4.13. The third-order valence-corrected chi connectivity index (χ3v) is 4.60. The van der Waals surface area contributed by atoms with E-state index in [9.17, 15) is 14.0 Å². The Labute approximate surface area is 165 Å². The molecule has 4 aromatic rings. The van der Waals surface area contributed by atoms with E-state index in [0.717, 1.165) is 11.0 Å². The van der Waals surface area contributed by atoms with Crippen molar-refractivity contribution in [1.82, 2.24) is 19.3 Å². The fourth-order valence-corrected chi connectivity index (χ4v) is 3.22. The summed E-state index contributed by atoms with van der Waals surface area (Å²) in [7, 11) is 0. The van der Waals surface area contributed by atoms with Gasteiger partial charge in [0.05, 0.1) is 11.0 Å². The Bertz CT molecular complexity index is 1290. The summed E-state index contributed by atoms with van der Waals surface area (Å²) in [6, 6.07) is 14.8. The second-order valence-electron chi connectivity index (χ2n) is 6.48. The number of amides is 1. The number of carbonyl (C=O) groups excluding carboxylic acids is 1. The van der Waals surface area contributed by atoms with Crippen LogP contribution >= 0.6 is 0 Å². The molecule has 7 nitrogen and oxygen atoms in total. The molecule has 2 aromatic carbocycles. The van der Waals surface area contributed by atoms with E-state index in [4.69, 9.17) is 0 Å². The molecule has 0 saturated carbocycles. The van der Waals surface area contributed by atoms with Crippen molar-refractivity contribution in [2.24, 2.45) is 0 Å². The first kappa shape index (κ1) is 18.5. The van der Waals surface area contributed by atoms with E-state index in [1.54, 1.807) is 19.1 Å². The number of carbonyl (C=O) groups is 1. The molecule has 0 aliphatic rings. The van der Waals surface area contributed by atoms with Gasteiger partial charge in [-0.15, -0.1) is 0 Å². The zero-order valence-corrected chi connectivity index (χ0v) is 15.9. The number of anilines is 1. The van der Waals surface area contributed by atoms with E-state index in [2.05, 4.69) is 15.4 Å². The summed E-state index contributed by atoms with van der Waals surface area (Å²) < 4.78 is 17.3. The van der Waals surface area contributed by atoms with E-state index in [-0.39, 0.29) is 11.4 Å². The van der Waals surface area contributed by atoms with Gasteiger partial charge in [-0.3, -0.25) is 14.9 Å². The van der Waals surface area contributed by atoms with Crippen LogP contribution in [0.4, 0.5) is 10.3 Å². The molecule has 0 spiro atoms. The van der Waals surface area contributed by atoms with Gasteiger partial charge in [0.25, 0.3) is 5.91 Å².